The quantitative estimate of drug-likeness (QED) is 0.712. The third-order valence-electron chi connectivity index (χ3n) is 6.28. The van der Waals surface area contributed by atoms with Crippen LogP contribution in [0, 0.1) is 29.1 Å². The van der Waals surface area contributed by atoms with Crippen LogP contribution in [-0.4, -0.2) is 24.0 Å². The topological polar surface area (TPSA) is 27.0 Å². The monoisotopic (exact) mass is 290 g/mol. The maximum absolute atomic E-state index is 9.53. The predicted molar refractivity (Wildman–Crippen MR) is 88.9 cm³/mol. The standard InChI is InChI=1S/C19H34N2/c1-4-6-16-7-10-17(14-20)19(13-16)21(3)18-11-8-15(5-2)9-12-18/h15-19H,4-13H2,1-3H3. The fourth-order valence-corrected chi connectivity index (χ4v) is 4.73. The summed E-state index contributed by atoms with van der Waals surface area (Å²) in [4.78, 5) is 2.61. The van der Waals surface area contributed by atoms with Crippen LogP contribution in [-0.2, 0) is 0 Å². The smallest absolute Gasteiger partial charge is 0.0672 e. The summed E-state index contributed by atoms with van der Waals surface area (Å²) in [6, 6.07) is 3.86. The molecule has 0 saturated heterocycles. The third kappa shape index (κ3) is 4.22. The van der Waals surface area contributed by atoms with Crippen molar-refractivity contribution in [2.24, 2.45) is 17.8 Å². The van der Waals surface area contributed by atoms with Crippen molar-refractivity contribution in [3.05, 3.63) is 0 Å². The molecule has 2 aliphatic carbocycles. The Morgan fingerprint density at radius 3 is 2.24 bits per heavy atom. The minimum Gasteiger partial charge on any atom is -0.299 e. The van der Waals surface area contributed by atoms with Crippen molar-refractivity contribution in [3.8, 4) is 6.07 Å². The zero-order valence-corrected chi connectivity index (χ0v) is 14.4. The van der Waals surface area contributed by atoms with Crippen LogP contribution in [0.4, 0.5) is 0 Å². The van der Waals surface area contributed by atoms with Gasteiger partial charge in [0.05, 0.1) is 12.0 Å². The van der Waals surface area contributed by atoms with Crippen molar-refractivity contribution >= 4 is 0 Å². The maximum atomic E-state index is 9.53. The summed E-state index contributed by atoms with van der Waals surface area (Å²) >= 11 is 0. The Labute approximate surface area is 131 Å². The molecule has 0 heterocycles. The van der Waals surface area contributed by atoms with Gasteiger partial charge in [-0.25, -0.2) is 0 Å². The van der Waals surface area contributed by atoms with Crippen LogP contribution in [0.15, 0.2) is 0 Å². The van der Waals surface area contributed by atoms with Crippen LogP contribution < -0.4 is 0 Å². The van der Waals surface area contributed by atoms with E-state index in [4.69, 9.17) is 0 Å². The molecule has 0 N–H and O–H groups in total. The fraction of sp³-hybridized carbons (Fsp3) is 0.947. The molecule has 3 unspecified atom stereocenters. The summed E-state index contributed by atoms with van der Waals surface area (Å²) in [5.74, 6) is 2.09. The van der Waals surface area contributed by atoms with Crippen LogP contribution in [0.25, 0.3) is 0 Å². The van der Waals surface area contributed by atoms with Crippen molar-refractivity contribution in [2.45, 2.75) is 90.1 Å². The highest BCUT2D eigenvalue weighted by Crippen LogP contribution is 2.37. The molecule has 0 aliphatic heterocycles. The van der Waals surface area contributed by atoms with Crippen molar-refractivity contribution in [1.29, 1.82) is 5.26 Å². The minimum absolute atomic E-state index is 0.270. The summed E-state index contributed by atoms with van der Waals surface area (Å²) in [6.45, 7) is 4.62. The van der Waals surface area contributed by atoms with Gasteiger partial charge in [-0.15, -0.1) is 0 Å². The molecule has 0 amide bonds. The third-order valence-corrected chi connectivity index (χ3v) is 6.28. The van der Waals surface area contributed by atoms with E-state index in [-0.39, 0.29) is 5.92 Å². The highest BCUT2D eigenvalue weighted by Gasteiger charge is 2.36. The minimum atomic E-state index is 0.270. The van der Waals surface area contributed by atoms with E-state index < -0.39 is 0 Å². The normalized spacial score (nSPS) is 37.4. The molecular formula is C19H34N2. The van der Waals surface area contributed by atoms with Gasteiger partial charge in [0, 0.05) is 12.1 Å². The molecule has 3 atom stereocenters. The van der Waals surface area contributed by atoms with Gasteiger partial charge < -0.3 is 0 Å². The Balaban J connectivity index is 1.94. The number of nitrogens with zero attached hydrogens (tertiary/aromatic N) is 2. The average molecular weight is 290 g/mol. The van der Waals surface area contributed by atoms with Gasteiger partial charge in [-0.3, -0.25) is 4.90 Å². The molecule has 2 nitrogen and oxygen atoms in total. The zero-order valence-electron chi connectivity index (χ0n) is 14.4. The molecule has 0 radical (unpaired) electrons. The van der Waals surface area contributed by atoms with E-state index >= 15 is 0 Å². The largest absolute Gasteiger partial charge is 0.299 e. The number of nitriles is 1. The first-order chi connectivity index (χ1) is 10.2. The molecular weight excluding hydrogens is 256 g/mol. The van der Waals surface area contributed by atoms with Gasteiger partial charge in [0.2, 0.25) is 0 Å². The first kappa shape index (κ1) is 16.8. The van der Waals surface area contributed by atoms with Gasteiger partial charge >= 0.3 is 0 Å². The summed E-state index contributed by atoms with van der Waals surface area (Å²) < 4.78 is 0. The molecule has 2 heteroatoms. The second kappa shape index (κ2) is 8.18. The Kier molecular flexibility index (Phi) is 6.55. The molecule has 0 aromatic carbocycles. The molecule has 2 rings (SSSR count). The highest BCUT2D eigenvalue weighted by atomic mass is 15.2. The van der Waals surface area contributed by atoms with E-state index in [9.17, 15) is 5.26 Å². The summed E-state index contributed by atoms with van der Waals surface area (Å²) in [6.07, 6.45) is 13.1. The van der Waals surface area contributed by atoms with Gasteiger partial charge in [-0.05, 0) is 63.8 Å². The first-order valence-corrected chi connectivity index (χ1v) is 9.31. The average Bonchev–Trinajstić information content (AvgIpc) is 2.54. The van der Waals surface area contributed by atoms with E-state index in [1.54, 1.807) is 0 Å². The molecule has 0 aromatic rings. The molecule has 0 spiro atoms. The number of rotatable bonds is 5. The first-order valence-electron chi connectivity index (χ1n) is 9.31. The van der Waals surface area contributed by atoms with Gasteiger partial charge in [-0.1, -0.05) is 33.1 Å². The SMILES string of the molecule is CCCC1CCC(C#N)C(N(C)C2CCC(CC)CC2)C1. The zero-order chi connectivity index (χ0) is 15.2. The Morgan fingerprint density at radius 2 is 1.67 bits per heavy atom. The Bertz CT molecular complexity index is 338. The van der Waals surface area contributed by atoms with E-state index in [2.05, 4.69) is 31.9 Å². The van der Waals surface area contributed by atoms with Crippen molar-refractivity contribution < 1.29 is 0 Å². The van der Waals surface area contributed by atoms with Crippen LogP contribution in [0.2, 0.25) is 0 Å². The predicted octanol–water partition coefficient (Wildman–Crippen LogP) is 5.00. The van der Waals surface area contributed by atoms with Crippen molar-refractivity contribution in [1.82, 2.24) is 4.90 Å². The Morgan fingerprint density at radius 1 is 1.00 bits per heavy atom. The molecule has 2 aliphatic rings. The molecule has 0 aromatic heterocycles. The van der Waals surface area contributed by atoms with E-state index in [0.717, 1.165) is 24.3 Å². The number of hydrogen-bond acceptors (Lipinski definition) is 2. The van der Waals surface area contributed by atoms with Gasteiger partial charge in [0.1, 0.15) is 0 Å². The van der Waals surface area contributed by atoms with Crippen LogP contribution >= 0.6 is 0 Å². The van der Waals surface area contributed by atoms with Gasteiger partial charge in [0.15, 0.2) is 0 Å². The lowest BCUT2D eigenvalue weighted by molar-refractivity contribution is 0.0597. The van der Waals surface area contributed by atoms with E-state index in [0.29, 0.717) is 6.04 Å². The van der Waals surface area contributed by atoms with Gasteiger partial charge in [-0.2, -0.15) is 5.26 Å². The van der Waals surface area contributed by atoms with E-state index in [1.165, 1.54) is 57.8 Å². The summed E-state index contributed by atoms with van der Waals surface area (Å²) in [7, 11) is 2.31. The lowest BCUT2D eigenvalue weighted by Crippen LogP contribution is -2.48. The lowest BCUT2D eigenvalue weighted by Gasteiger charge is -2.44. The lowest BCUT2D eigenvalue weighted by atomic mass is 9.75. The second-order valence-electron chi connectivity index (χ2n) is 7.52. The molecule has 0 bridgehead atoms. The summed E-state index contributed by atoms with van der Waals surface area (Å²) in [5, 5.41) is 9.53. The second-order valence-corrected chi connectivity index (χ2v) is 7.52. The maximum Gasteiger partial charge on any atom is 0.0672 e. The van der Waals surface area contributed by atoms with Crippen molar-refractivity contribution in [3.63, 3.8) is 0 Å². The number of hydrogen-bond donors (Lipinski definition) is 0. The van der Waals surface area contributed by atoms with Crippen LogP contribution in [0.5, 0.6) is 0 Å². The summed E-state index contributed by atoms with van der Waals surface area (Å²) in [5.41, 5.74) is 0. The highest BCUT2D eigenvalue weighted by molar-refractivity contribution is 4.98. The Hall–Kier alpha value is -0.550. The van der Waals surface area contributed by atoms with Crippen LogP contribution in [0.3, 0.4) is 0 Å². The van der Waals surface area contributed by atoms with Gasteiger partial charge in [0.25, 0.3) is 0 Å². The molecule has 2 saturated carbocycles. The molecule has 2 fully saturated rings. The fourth-order valence-electron chi connectivity index (χ4n) is 4.73. The van der Waals surface area contributed by atoms with Crippen LogP contribution in [0.1, 0.15) is 78.1 Å². The molecule has 21 heavy (non-hydrogen) atoms. The van der Waals surface area contributed by atoms with Crippen molar-refractivity contribution in [2.75, 3.05) is 7.05 Å². The van der Waals surface area contributed by atoms with E-state index in [1.807, 2.05) is 0 Å². The molecule has 120 valence electrons.